The second-order valence-electron chi connectivity index (χ2n) is 8.85. The number of H-pyrrole nitrogens is 1. The molecule has 9 nitrogen and oxygen atoms in total. The number of aromatic amines is 1. The summed E-state index contributed by atoms with van der Waals surface area (Å²) in [5.74, 6) is 0.572. The van der Waals surface area contributed by atoms with Crippen molar-refractivity contribution >= 4 is 39.9 Å². The second kappa shape index (κ2) is 8.26. The number of halogens is 1. The average Bonchev–Trinajstić information content (AvgIpc) is 3.54. The van der Waals surface area contributed by atoms with Crippen LogP contribution in [0.15, 0.2) is 36.7 Å². The van der Waals surface area contributed by atoms with Gasteiger partial charge in [0, 0.05) is 50.4 Å². The lowest BCUT2D eigenvalue weighted by molar-refractivity contribution is -0.130. The third kappa shape index (κ3) is 3.43. The zero-order valence-corrected chi connectivity index (χ0v) is 19.5. The number of anilines is 1. The van der Waals surface area contributed by atoms with E-state index in [1.807, 2.05) is 4.40 Å². The van der Waals surface area contributed by atoms with Crippen LogP contribution < -0.4 is 4.90 Å². The molecule has 10 heteroatoms. The summed E-state index contributed by atoms with van der Waals surface area (Å²) in [4.78, 5) is 29.1. The van der Waals surface area contributed by atoms with Gasteiger partial charge in [0.15, 0.2) is 5.65 Å². The fourth-order valence-corrected chi connectivity index (χ4v) is 5.35. The number of nitrogens with one attached hydrogen (secondary N) is 1. The summed E-state index contributed by atoms with van der Waals surface area (Å²) in [5, 5.41) is 10.9. The number of aliphatic hydroxyl groups is 1. The molecule has 1 aromatic carbocycles. The Balaban J connectivity index is 1.51. The van der Waals surface area contributed by atoms with Crippen molar-refractivity contribution in [1.82, 2.24) is 24.3 Å². The minimum atomic E-state index is -0.600. The first-order chi connectivity index (χ1) is 16.5. The molecule has 0 bridgehead atoms. The van der Waals surface area contributed by atoms with Gasteiger partial charge in [-0.25, -0.2) is 9.97 Å². The van der Waals surface area contributed by atoms with Crippen LogP contribution in [0.25, 0.3) is 27.9 Å². The van der Waals surface area contributed by atoms with Gasteiger partial charge in [-0.15, -0.1) is 0 Å². The average molecular weight is 481 g/mol. The van der Waals surface area contributed by atoms with E-state index in [4.69, 9.17) is 21.3 Å². The molecular weight excluding hydrogens is 456 g/mol. The highest BCUT2D eigenvalue weighted by molar-refractivity contribution is 6.35. The maximum Gasteiger partial charge on any atom is 0.220 e. The van der Waals surface area contributed by atoms with Crippen LogP contribution in [0.4, 0.5) is 5.69 Å². The molecule has 0 radical (unpaired) electrons. The molecule has 2 aliphatic heterocycles. The Morgan fingerprint density at radius 2 is 2.00 bits per heavy atom. The zero-order valence-electron chi connectivity index (χ0n) is 18.7. The summed E-state index contributed by atoms with van der Waals surface area (Å²) in [6, 6.07) is 7.96. The Morgan fingerprint density at radius 1 is 1.24 bits per heavy atom. The predicted molar refractivity (Wildman–Crippen MR) is 129 cm³/mol. The molecule has 5 heterocycles. The Hall–Kier alpha value is -3.14. The van der Waals surface area contributed by atoms with Crippen molar-refractivity contribution < 1.29 is 14.6 Å². The number of carbonyl (C=O) groups excluding carboxylic acids is 1. The molecule has 6 rings (SSSR count). The summed E-state index contributed by atoms with van der Waals surface area (Å²) < 4.78 is 7.44. The van der Waals surface area contributed by atoms with Gasteiger partial charge in [-0.1, -0.05) is 23.7 Å². The van der Waals surface area contributed by atoms with E-state index in [9.17, 15) is 9.90 Å². The van der Waals surface area contributed by atoms with E-state index in [0.717, 1.165) is 48.8 Å². The summed E-state index contributed by atoms with van der Waals surface area (Å²) in [5.41, 5.74) is 5.00. The third-order valence-electron chi connectivity index (χ3n) is 6.76. The monoisotopic (exact) mass is 480 g/mol. The number of rotatable bonds is 3. The number of likely N-dealkylation sites (tertiary alicyclic amines) is 1. The first-order valence-corrected chi connectivity index (χ1v) is 11.8. The maximum absolute atomic E-state index is 12.4. The van der Waals surface area contributed by atoms with Crippen molar-refractivity contribution in [1.29, 1.82) is 0 Å². The molecule has 0 saturated carbocycles. The number of aliphatic hydroxyl groups excluding tert-OH is 1. The molecule has 4 aromatic rings. The lowest BCUT2D eigenvalue weighted by Gasteiger charge is -2.28. The lowest BCUT2D eigenvalue weighted by atomic mass is 10.1. The summed E-state index contributed by atoms with van der Waals surface area (Å²) >= 11 is 6.55. The van der Waals surface area contributed by atoms with E-state index in [2.05, 4.69) is 39.1 Å². The summed E-state index contributed by atoms with van der Waals surface area (Å²) in [6.07, 6.45) is 3.29. The van der Waals surface area contributed by atoms with Crippen molar-refractivity contribution in [2.24, 2.45) is 0 Å². The number of ether oxygens (including phenoxy) is 1. The molecule has 176 valence electrons. The minimum absolute atomic E-state index is 0.0971. The van der Waals surface area contributed by atoms with Crippen molar-refractivity contribution in [2.45, 2.75) is 25.5 Å². The van der Waals surface area contributed by atoms with Gasteiger partial charge in [0.05, 0.1) is 47.8 Å². The number of amides is 1. The SMILES string of the molecule is CC(=O)N1CC(O)CC1c1nc(-c2ccc(N3CCOCC3)cc2)c2cnc3[nH]cc(Cl)c3n12. The largest absolute Gasteiger partial charge is 0.391 e. The number of fused-ring (bicyclic) bond motifs is 3. The number of hydrogen-bond donors (Lipinski definition) is 2. The van der Waals surface area contributed by atoms with Crippen LogP contribution in [0.2, 0.25) is 5.02 Å². The van der Waals surface area contributed by atoms with Crippen LogP contribution in [0.1, 0.15) is 25.2 Å². The predicted octanol–water partition coefficient (Wildman–Crippen LogP) is 3.02. The van der Waals surface area contributed by atoms with Crippen LogP contribution in [-0.4, -0.2) is 74.2 Å². The molecule has 1 amide bonds. The van der Waals surface area contributed by atoms with E-state index in [1.54, 1.807) is 17.3 Å². The standard InChI is InChI=1S/C24H25ClN6O3/c1-14(32)30-13-17(33)10-19(30)24-28-21(20-12-27-23-22(31(20)24)18(25)11-26-23)15-2-4-16(5-3-15)29-6-8-34-9-7-29/h2-5,11-12,17,19,26,33H,6-10,13H2,1H3. The van der Waals surface area contributed by atoms with Crippen LogP contribution in [0.5, 0.6) is 0 Å². The van der Waals surface area contributed by atoms with E-state index in [1.165, 1.54) is 6.92 Å². The molecule has 2 atom stereocenters. The van der Waals surface area contributed by atoms with Crippen LogP contribution in [0.3, 0.4) is 0 Å². The number of morpholine rings is 1. The normalized spacial score (nSPS) is 21.1. The van der Waals surface area contributed by atoms with Gasteiger partial charge in [0.2, 0.25) is 5.91 Å². The van der Waals surface area contributed by atoms with E-state index >= 15 is 0 Å². The number of carbonyl (C=O) groups is 1. The minimum Gasteiger partial charge on any atom is -0.391 e. The van der Waals surface area contributed by atoms with Crippen molar-refractivity contribution in [3.8, 4) is 11.3 Å². The van der Waals surface area contributed by atoms with E-state index < -0.39 is 6.10 Å². The quantitative estimate of drug-likeness (QED) is 0.467. The first kappa shape index (κ1) is 21.4. The van der Waals surface area contributed by atoms with Gasteiger partial charge in [-0.2, -0.15) is 0 Å². The Morgan fingerprint density at radius 3 is 2.74 bits per heavy atom. The van der Waals surface area contributed by atoms with Gasteiger partial charge in [0.1, 0.15) is 11.3 Å². The van der Waals surface area contributed by atoms with Crippen LogP contribution in [0, 0.1) is 0 Å². The topological polar surface area (TPSA) is 99.0 Å². The number of aromatic nitrogens is 4. The van der Waals surface area contributed by atoms with Gasteiger partial charge in [-0.05, 0) is 12.1 Å². The number of hydrogen-bond acceptors (Lipinski definition) is 6. The Labute approximate surface area is 200 Å². The molecule has 0 spiro atoms. The summed E-state index contributed by atoms with van der Waals surface area (Å²) in [7, 11) is 0. The van der Waals surface area contributed by atoms with Crippen molar-refractivity contribution in [2.75, 3.05) is 37.7 Å². The Bertz CT molecular complexity index is 1380. The fourth-order valence-electron chi connectivity index (χ4n) is 5.12. The highest BCUT2D eigenvalue weighted by atomic mass is 35.5. The molecule has 2 unspecified atom stereocenters. The lowest BCUT2D eigenvalue weighted by Crippen LogP contribution is -2.36. The summed E-state index contributed by atoms with van der Waals surface area (Å²) in [6.45, 7) is 5.01. The highest BCUT2D eigenvalue weighted by Gasteiger charge is 2.37. The van der Waals surface area contributed by atoms with Crippen molar-refractivity contribution in [3.05, 3.63) is 47.5 Å². The number of benzene rings is 1. The van der Waals surface area contributed by atoms with Gasteiger partial charge >= 0.3 is 0 Å². The first-order valence-electron chi connectivity index (χ1n) is 11.4. The Kier molecular flexibility index (Phi) is 5.20. The third-order valence-corrected chi connectivity index (χ3v) is 7.05. The van der Waals surface area contributed by atoms with Gasteiger partial charge in [0.25, 0.3) is 0 Å². The molecule has 2 N–H and O–H groups in total. The molecule has 34 heavy (non-hydrogen) atoms. The fraction of sp³-hybridized carbons (Fsp3) is 0.375. The molecule has 2 saturated heterocycles. The second-order valence-corrected chi connectivity index (χ2v) is 9.26. The van der Waals surface area contributed by atoms with Crippen LogP contribution in [-0.2, 0) is 9.53 Å². The number of nitrogens with zero attached hydrogens (tertiary/aromatic N) is 5. The molecule has 2 fully saturated rings. The molecule has 2 aliphatic rings. The van der Waals surface area contributed by atoms with Crippen molar-refractivity contribution in [3.63, 3.8) is 0 Å². The van der Waals surface area contributed by atoms with Crippen LogP contribution >= 0.6 is 11.6 Å². The van der Waals surface area contributed by atoms with Gasteiger partial charge < -0.3 is 24.6 Å². The van der Waals surface area contributed by atoms with E-state index in [-0.39, 0.29) is 18.5 Å². The van der Waals surface area contributed by atoms with Gasteiger partial charge in [-0.3, -0.25) is 9.20 Å². The number of β-amino-alcohol motifs (C(OH)–C–C–N with tert-alkyl or cyclic N) is 1. The van der Waals surface area contributed by atoms with E-state index in [0.29, 0.717) is 28.4 Å². The smallest absolute Gasteiger partial charge is 0.220 e. The highest BCUT2D eigenvalue weighted by Crippen LogP contribution is 2.38. The molecule has 3 aromatic heterocycles. The molecular formula is C24H25ClN6O3. The zero-order chi connectivity index (χ0) is 23.4. The maximum atomic E-state index is 12.4. The molecule has 0 aliphatic carbocycles. The number of imidazole rings is 1.